The van der Waals surface area contributed by atoms with Crippen LogP contribution in [0.3, 0.4) is 0 Å². The Bertz CT molecular complexity index is 882. The summed E-state index contributed by atoms with van der Waals surface area (Å²) in [6, 6.07) is 19.2. The summed E-state index contributed by atoms with van der Waals surface area (Å²) < 4.78 is 13.0. The molecule has 0 unspecified atom stereocenters. The van der Waals surface area contributed by atoms with Gasteiger partial charge in [-0.3, -0.25) is 4.79 Å². The van der Waals surface area contributed by atoms with E-state index in [2.05, 4.69) is 5.32 Å². The Kier molecular flexibility index (Phi) is 5.12. The van der Waals surface area contributed by atoms with Crippen molar-refractivity contribution < 1.29 is 14.3 Å². The SMILES string of the molecule is O=C(Nc1ccc(Cl)cc1[C@H](O)c1ccccc1)c1ccc(F)cc1. The van der Waals surface area contributed by atoms with E-state index in [1.165, 1.54) is 24.3 Å². The molecule has 3 rings (SSSR count). The first kappa shape index (κ1) is 17.1. The quantitative estimate of drug-likeness (QED) is 0.705. The highest BCUT2D eigenvalue weighted by Gasteiger charge is 2.17. The molecule has 0 aliphatic carbocycles. The Morgan fingerprint density at radius 3 is 2.36 bits per heavy atom. The van der Waals surface area contributed by atoms with Gasteiger partial charge in [0.2, 0.25) is 0 Å². The Balaban J connectivity index is 1.91. The minimum absolute atomic E-state index is 0.316. The molecule has 0 aromatic heterocycles. The van der Waals surface area contributed by atoms with Crippen LogP contribution in [0.15, 0.2) is 72.8 Å². The number of hydrogen-bond acceptors (Lipinski definition) is 2. The number of rotatable bonds is 4. The third-order valence-electron chi connectivity index (χ3n) is 3.78. The zero-order valence-corrected chi connectivity index (χ0v) is 13.9. The van der Waals surface area contributed by atoms with Crippen LogP contribution in [0.1, 0.15) is 27.6 Å². The van der Waals surface area contributed by atoms with Crippen LogP contribution in [-0.4, -0.2) is 11.0 Å². The minimum Gasteiger partial charge on any atom is -0.384 e. The average Bonchev–Trinajstić information content (AvgIpc) is 2.64. The van der Waals surface area contributed by atoms with Gasteiger partial charge in [-0.2, -0.15) is 0 Å². The first-order valence-electron chi connectivity index (χ1n) is 7.64. The van der Waals surface area contributed by atoms with E-state index in [1.807, 2.05) is 18.2 Å². The van der Waals surface area contributed by atoms with Crippen LogP contribution in [0, 0.1) is 5.82 Å². The summed E-state index contributed by atoms with van der Waals surface area (Å²) in [5.74, 6) is -0.813. The van der Waals surface area contributed by atoms with Gasteiger partial charge in [-0.05, 0) is 48.0 Å². The summed E-state index contributed by atoms with van der Waals surface area (Å²) in [5.41, 5.74) is 1.92. The third-order valence-corrected chi connectivity index (χ3v) is 4.01. The maximum atomic E-state index is 13.0. The predicted molar refractivity (Wildman–Crippen MR) is 96.3 cm³/mol. The number of halogens is 2. The van der Waals surface area contributed by atoms with E-state index >= 15 is 0 Å². The summed E-state index contributed by atoms with van der Waals surface area (Å²) in [7, 11) is 0. The van der Waals surface area contributed by atoms with Crippen molar-refractivity contribution >= 4 is 23.2 Å². The van der Waals surface area contributed by atoms with Gasteiger partial charge in [-0.25, -0.2) is 4.39 Å². The van der Waals surface area contributed by atoms with Gasteiger partial charge in [-0.15, -0.1) is 0 Å². The normalized spacial score (nSPS) is 11.8. The molecule has 0 aliphatic heterocycles. The molecule has 1 atom stereocenters. The second kappa shape index (κ2) is 7.47. The van der Waals surface area contributed by atoms with Crippen LogP contribution in [0.5, 0.6) is 0 Å². The van der Waals surface area contributed by atoms with Crippen molar-refractivity contribution in [2.75, 3.05) is 5.32 Å². The van der Waals surface area contributed by atoms with Gasteiger partial charge in [0, 0.05) is 21.8 Å². The largest absolute Gasteiger partial charge is 0.384 e. The Morgan fingerprint density at radius 2 is 1.68 bits per heavy atom. The maximum Gasteiger partial charge on any atom is 0.255 e. The van der Waals surface area contributed by atoms with Crippen LogP contribution < -0.4 is 5.32 Å². The van der Waals surface area contributed by atoms with Crippen LogP contribution in [-0.2, 0) is 0 Å². The van der Waals surface area contributed by atoms with E-state index in [9.17, 15) is 14.3 Å². The molecule has 126 valence electrons. The lowest BCUT2D eigenvalue weighted by Crippen LogP contribution is -2.14. The molecule has 0 saturated heterocycles. The van der Waals surface area contributed by atoms with Crippen molar-refractivity contribution in [2.24, 2.45) is 0 Å². The lowest BCUT2D eigenvalue weighted by atomic mass is 9.99. The van der Waals surface area contributed by atoms with Gasteiger partial charge in [0.25, 0.3) is 5.91 Å². The number of aliphatic hydroxyl groups excluding tert-OH is 1. The average molecular weight is 356 g/mol. The van der Waals surface area contributed by atoms with E-state index < -0.39 is 17.8 Å². The highest BCUT2D eigenvalue weighted by molar-refractivity contribution is 6.30. The summed E-state index contributed by atoms with van der Waals surface area (Å²) in [6.45, 7) is 0. The monoisotopic (exact) mass is 355 g/mol. The zero-order chi connectivity index (χ0) is 17.8. The standard InChI is InChI=1S/C20H15ClFNO2/c21-15-8-11-18(23-20(25)14-6-9-16(22)10-7-14)17(12-15)19(24)13-4-2-1-3-5-13/h1-12,19,24H,(H,23,25)/t19-/m1/s1. The number of hydrogen-bond donors (Lipinski definition) is 2. The second-order valence-electron chi connectivity index (χ2n) is 5.51. The van der Waals surface area contributed by atoms with Gasteiger partial charge in [-0.1, -0.05) is 41.9 Å². The topological polar surface area (TPSA) is 49.3 Å². The second-order valence-corrected chi connectivity index (χ2v) is 5.94. The Labute approximate surface area is 149 Å². The van der Waals surface area contributed by atoms with Crippen molar-refractivity contribution in [1.82, 2.24) is 0 Å². The molecule has 0 radical (unpaired) electrons. The van der Waals surface area contributed by atoms with E-state index in [4.69, 9.17) is 11.6 Å². The summed E-state index contributed by atoms with van der Waals surface area (Å²) in [6.07, 6.45) is -0.941. The highest BCUT2D eigenvalue weighted by Crippen LogP contribution is 2.31. The number of aliphatic hydroxyl groups is 1. The van der Waals surface area contributed by atoms with Crippen molar-refractivity contribution in [3.63, 3.8) is 0 Å². The lowest BCUT2D eigenvalue weighted by Gasteiger charge is -2.17. The van der Waals surface area contributed by atoms with Crippen LogP contribution >= 0.6 is 11.6 Å². The van der Waals surface area contributed by atoms with Crippen LogP contribution in [0.2, 0.25) is 5.02 Å². The summed E-state index contributed by atoms with van der Waals surface area (Å²) >= 11 is 6.05. The number of nitrogens with one attached hydrogen (secondary N) is 1. The van der Waals surface area contributed by atoms with E-state index in [1.54, 1.807) is 30.3 Å². The van der Waals surface area contributed by atoms with Crippen molar-refractivity contribution in [3.05, 3.63) is 100 Å². The smallest absolute Gasteiger partial charge is 0.255 e. The van der Waals surface area contributed by atoms with E-state index in [-0.39, 0.29) is 0 Å². The number of amides is 1. The van der Waals surface area contributed by atoms with Gasteiger partial charge in [0.05, 0.1) is 0 Å². The molecule has 1 amide bonds. The molecule has 0 fully saturated rings. The molecule has 0 spiro atoms. The lowest BCUT2D eigenvalue weighted by molar-refractivity contribution is 0.102. The third kappa shape index (κ3) is 4.05. The molecule has 2 N–H and O–H groups in total. The van der Waals surface area contributed by atoms with Crippen molar-refractivity contribution in [3.8, 4) is 0 Å². The minimum atomic E-state index is -0.941. The first-order valence-corrected chi connectivity index (χ1v) is 8.02. The fraction of sp³-hybridized carbons (Fsp3) is 0.0500. The molecular weight excluding hydrogens is 341 g/mol. The fourth-order valence-corrected chi connectivity index (χ4v) is 2.66. The molecule has 3 nitrogen and oxygen atoms in total. The van der Waals surface area contributed by atoms with Crippen molar-refractivity contribution in [1.29, 1.82) is 0 Å². The molecule has 0 aliphatic rings. The molecule has 0 saturated carbocycles. The maximum absolute atomic E-state index is 13.0. The van der Waals surface area contributed by atoms with Crippen molar-refractivity contribution in [2.45, 2.75) is 6.10 Å². The summed E-state index contributed by atoms with van der Waals surface area (Å²) in [5, 5.41) is 13.9. The van der Waals surface area contributed by atoms with Crippen LogP contribution in [0.25, 0.3) is 0 Å². The Morgan fingerprint density at radius 1 is 1.00 bits per heavy atom. The molecule has 3 aromatic rings. The first-order chi connectivity index (χ1) is 12.0. The molecule has 25 heavy (non-hydrogen) atoms. The van der Waals surface area contributed by atoms with Gasteiger partial charge in [0.15, 0.2) is 0 Å². The van der Waals surface area contributed by atoms with Gasteiger partial charge in [0.1, 0.15) is 11.9 Å². The van der Waals surface area contributed by atoms with Gasteiger partial charge < -0.3 is 10.4 Å². The number of carbonyl (C=O) groups is 1. The molecule has 3 aromatic carbocycles. The molecule has 0 bridgehead atoms. The molecule has 0 heterocycles. The number of anilines is 1. The van der Waals surface area contributed by atoms with E-state index in [0.717, 1.165) is 0 Å². The number of benzene rings is 3. The predicted octanol–water partition coefficient (Wildman–Crippen LogP) is 4.81. The fourth-order valence-electron chi connectivity index (χ4n) is 2.48. The Hall–Kier alpha value is -2.69. The number of carbonyl (C=O) groups excluding carboxylic acids is 1. The summed E-state index contributed by atoms with van der Waals surface area (Å²) in [4.78, 5) is 12.4. The van der Waals surface area contributed by atoms with Gasteiger partial charge >= 0.3 is 0 Å². The molecular formula is C20H15ClFNO2. The van der Waals surface area contributed by atoms with E-state index in [0.29, 0.717) is 27.4 Å². The molecule has 5 heteroatoms. The highest BCUT2D eigenvalue weighted by atomic mass is 35.5. The van der Waals surface area contributed by atoms with Crippen LogP contribution in [0.4, 0.5) is 10.1 Å². The zero-order valence-electron chi connectivity index (χ0n) is 13.1.